The predicted octanol–water partition coefficient (Wildman–Crippen LogP) is 5.10. The molecule has 0 bridgehead atoms. The Labute approximate surface area is 159 Å². The van der Waals surface area contributed by atoms with E-state index in [0.717, 1.165) is 11.0 Å². The number of para-hydroxylation sites is 1. The summed E-state index contributed by atoms with van der Waals surface area (Å²) in [5.41, 5.74) is 1.36. The topological polar surface area (TPSA) is 72.7 Å². The quantitative estimate of drug-likeness (QED) is 0.604. The van der Waals surface area contributed by atoms with Crippen LogP contribution in [0.15, 0.2) is 51.4 Å². The Bertz CT molecular complexity index is 905. The van der Waals surface area contributed by atoms with Crippen molar-refractivity contribution < 1.29 is 18.7 Å². The second-order valence-electron chi connectivity index (χ2n) is 5.69. The largest absolute Gasteiger partial charge is 0.493 e. The summed E-state index contributed by atoms with van der Waals surface area (Å²) >= 11 is 3.42. The molecule has 7 heteroatoms. The smallest absolute Gasteiger partial charge is 0.319 e. The highest BCUT2D eigenvalue weighted by atomic mass is 79.9. The molecule has 0 aliphatic rings. The first-order valence-corrected chi connectivity index (χ1v) is 8.78. The van der Waals surface area contributed by atoms with E-state index in [1.807, 2.05) is 37.3 Å². The van der Waals surface area contributed by atoms with Crippen LogP contribution < -0.4 is 20.1 Å². The van der Waals surface area contributed by atoms with Crippen molar-refractivity contribution in [2.24, 2.45) is 0 Å². The third-order valence-corrected chi connectivity index (χ3v) is 4.60. The summed E-state index contributed by atoms with van der Waals surface area (Å²) in [6, 6.07) is 12.4. The zero-order valence-electron chi connectivity index (χ0n) is 14.6. The molecule has 1 aromatic heterocycles. The molecule has 1 heterocycles. The number of carbonyl (C=O) groups is 1. The monoisotopic (exact) mass is 418 g/mol. The molecule has 6 nitrogen and oxygen atoms in total. The molecule has 26 heavy (non-hydrogen) atoms. The van der Waals surface area contributed by atoms with Gasteiger partial charge in [0.2, 0.25) is 0 Å². The summed E-state index contributed by atoms with van der Waals surface area (Å²) in [6.45, 7) is 1.86. The summed E-state index contributed by atoms with van der Waals surface area (Å²) in [4.78, 5) is 12.4. The van der Waals surface area contributed by atoms with Gasteiger partial charge in [0.05, 0.1) is 25.9 Å². The van der Waals surface area contributed by atoms with Crippen molar-refractivity contribution in [2.75, 3.05) is 19.5 Å². The van der Waals surface area contributed by atoms with Crippen molar-refractivity contribution in [1.82, 2.24) is 5.32 Å². The van der Waals surface area contributed by atoms with Gasteiger partial charge in [-0.1, -0.05) is 18.2 Å². The number of hydrogen-bond acceptors (Lipinski definition) is 4. The molecule has 0 saturated carbocycles. The molecule has 3 aromatic rings. The summed E-state index contributed by atoms with van der Waals surface area (Å²) in [6.07, 6.45) is 0. The van der Waals surface area contributed by atoms with Crippen molar-refractivity contribution in [3.8, 4) is 11.5 Å². The van der Waals surface area contributed by atoms with Crippen LogP contribution in [0.3, 0.4) is 0 Å². The minimum Gasteiger partial charge on any atom is -0.493 e. The molecule has 3 rings (SSSR count). The lowest BCUT2D eigenvalue weighted by atomic mass is 10.2. The number of rotatable bonds is 5. The Hall–Kier alpha value is -2.67. The van der Waals surface area contributed by atoms with Gasteiger partial charge < -0.3 is 24.5 Å². The maximum absolute atomic E-state index is 12.4. The van der Waals surface area contributed by atoms with Gasteiger partial charge in [0, 0.05) is 22.0 Å². The third-order valence-electron chi connectivity index (χ3n) is 3.94. The second-order valence-corrected chi connectivity index (χ2v) is 6.55. The number of hydrogen-bond donors (Lipinski definition) is 2. The van der Waals surface area contributed by atoms with E-state index in [-0.39, 0.29) is 12.1 Å². The Kier molecular flexibility index (Phi) is 5.37. The number of carbonyl (C=O) groups excluding carboxylic acids is 1. The van der Waals surface area contributed by atoms with Gasteiger partial charge in [0.25, 0.3) is 0 Å². The van der Waals surface area contributed by atoms with Crippen LogP contribution in [-0.4, -0.2) is 20.3 Å². The highest BCUT2D eigenvalue weighted by Crippen LogP contribution is 2.36. The first-order valence-electron chi connectivity index (χ1n) is 7.99. The molecular weight excluding hydrogens is 400 g/mol. The van der Waals surface area contributed by atoms with Gasteiger partial charge >= 0.3 is 6.03 Å². The van der Waals surface area contributed by atoms with Crippen molar-refractivity contribution in [3.05, 3.63) is 52.7 Å². The fourth-order valence-corrected chi connectivity index (χ4v) is 3.01. The van der Waals surface area contributed by atoms with Crippen LogP contribution in [0.1, 0.15) is 18.7 Å². The maximum atomic E-state index is 12.4. The fourth-order valence-electron chi connectivity index (χ4n) is 2.59. The molecule has 0 aliphatic carbocycles. The van der Waals surface area contributed by atoms with Crippen LogP contribution in [-0.2, 0) is 0 Å². The van der Waals surface area contributed by atoms with Crippen LogP contribution in [0.5, 0.6) is 11.5 Å². The molecule has 0 aliphatic heterocycles. The zero-order valence-corrected chi connectivity index (χ0v) is 16.2. The summed E-state index contributed by atoms with van der Waals surface area (Å²) in [7, 11) is 3.10. The first kappa shape index (κ1) is 18.1. The molecule has 136 valence electrons. The zero-order chi connectivity index (χ0) is 18.7. The van der Waals surface area contributed by atoms with E-state index in [1.165, 1.54) is 0 Å². The molecule has 0 fully saturated rings. The lowest BCUT2D eigenvalue weighted by Gasteiger charge is -2.15. The standard InChI is InChI=1S/C19H19BrN2O4/c1-11(16-8-12-6-4-5-7-15(12)26-16)21-19(23)22-14-10-18(25-3)17(24-2)9-13(14)20/h4-11H,1-3H3,(H2,21,22,23). The van der Waals surface area contributed by atoms with Crippen LogP contribution in [0, 0.1) is 0 Å². The second kappa shape index (κ2) is 7.70. The van der Waals surface area contributed by atoms with Gasteiger partial charge in [0.1, 0.15) is 11.3 Å². The lowest BCUT2D eigenvalue weighted by Crippen LogP contribution is -2.31. The highest BCUT2D eigenvalue weighted by molar-refractivity contribution is 9.10. The van der Waals surface area contributed by atoms with Gasteiger partial charge in [-0.15, -0.1) is 0 Å². The van der Waals surface area contributed by atoms with Crippen LogP contribution in [0.4, 0.5) is 10.5 Å². The lowest BCUT2D eigenvalue weighted by molar-refractivity contribution is 0.248. The summed E-state index contributed by atoms with van der Waals surface area (Å²) < 4.78 is 17.0. The van der Waals surface area contributed by atoms with Gasteiger partial charge in [0.15, 0.2) is 11.5 Å². The highest BCUT2D eigenvalue weighted by Gasteiger charge is 2.16. The van der Waals surface area contributed by atoms with E-state index in [2.05, 4.69) is 26.6 Å². The van der Waals surface area contributed by atoms with E-state index in [0.29, 0.717) is 27.4 Å². The van der Waals surface area contributed by atoms with Gasteiger partial charge in [-0.25, -0.2) is 4.79 Å². The SMILES string of the molecule is COc1cc(Br)c(NC(=O)NC(C)c2cc3ccccc3o2)cc1OC. The average molecular weight is 419 g/mol. The van der Waals surface area contributed by atoms with E-state index in [9.17, 15) is 4.79 Å². The molecule has 0 radical (unpaired) electrons. The number of ether oxygens (including phenoxy) is 2. The van der Waals surface area contributed by atoms with Crippen molar-refractivity contribution >= 4 is 38.6 Å². The summed E-state index contributed by atoms with van der Waals surface area (Å²) in [5.74, 6) is 1.78. The number of fused-ring (bicyclic) bond motifs is 1. The Morgan fingerprint density at radius 2 is 1.81 bits per heavy atom. The van der Waals surface area contributed by atoms with E-state index in [1.54, 1.807) is 26.4 Å². The van der Waals surface area contributed by atoms with Gasteiger partial charge in [-0.3, -0.25) is 0 Å². The average Bonchev–Trinajstić information content (AvgIpc) is 3.07. The van der Waals surface area contributed by atoms with Crippen LogP contribution >= 0.6 is 15.9 Å². The Morgan fingerprint density at radius 1 is 1.12 bits per heavy atom. The number of furan rings is 1. The molecule has 2 N–H and O–H groups in total. The van der Waals surface area contributed by atoms with Crippen LogP contribution in [0.25, 0.3) is 11.0 Å². The normalized spacial score (nSPS) is 11.8. The van der Waals surface area contributed by atoms with Crippen LogP contribution in [0.2, 0.25) is 0 Å². The van der Waals surface area contributed by atoms with Gasteiger partial charge in [-0.05, 0) is 35.0 Å². The number of urea groups is 1. The molecule has 1 unspecified atom stereocenters. The number of benzene rings is 2. The molecular formula is C19H19BrN2O4. The van der Waals surface area contributed by atoms with E-state index < -0.39 is 0 Å². The van der Waals surface area contributed by atoms with Crippen molar-refractivity contribution in [3.63, 3.8) is 0 Å². The minimum absolute atomic E-state index is 0.290. The maximum Gasteiger partial charge on any atom is 0.319 e. The Balaban J connectivity index is 1.72. The first-order chi connectivity index (χ1) is 12.5. The predicted molar refractivity (Wildman–Crippen MR) is 104 cm³/mol. The number of anilines is 1. The van der Waals surface area contributed by atoms with E-state index >= 15 is 0 Å². The number of nitrogens with one attached hydrogen (secondary N) is 2. The minimum atomic E-state index is -0.356. The fraction of sp³-hybridized carbons (Fsp3) is 0.211. The number of methoxy groups -OCH3 is 2. The number of halogens is 1. The molecule has 1 atom stereocenters. The molecule has 2 amide bonds. The molecule has 0 saturated heterocycles. The third kappa shape index (κ3) is 3.77. The number of amides is 2. The van der Waals surface area contributed by atoms with Gasteiger partial charge in [-0.2, -0.15) is 0 Å². The van der Waals surface area contributed by atoms with E-state index in [4.69, 9.17) is 13.9 Å². The summed E-state index contributed by atoms with van der Waals surface area (Å²) in [5, 5.41) is 6.66. The van der Waals surface area contributed by atoms with Crippen molar-refractivity contribution in [1.29, 1.82) is 0 Å². The van der Waals surface area contributed by atoms with Crippen molar-refractivity contribution in [2.45, 2.75) is 13.0 Å². The Morgan fingerprint density at radius 3 is 2.50 bits per heavy atom. The molecule has 2 aromatic carbocycles. The molecule has 0 spiro atoms.